The quantitative estimate of drug-likeness (QED) is 0.737. The van der Waals surface area contributed by atoms with E-state index < -0.39 is 0 Å². The standard InChI is InChI=1S/C20H19N3O2/c1-22(2)19(24)17-10-6-7-15(11-17)13-23-14-21-12-18(20(23)25)16-8-4-3-5-9-16/h3-12,14H,13H2,1-2H3. The number of carbonyl (C=O) groups is 1. The minimum atomic E-state index is -0.106. The lowest BCUT2D eigenvalue weighted by molar-refractivity contribution is 0.0827. The van der Waals surface area contributed by atoms with Crippen molar-refractivity contribution in [1.29, 1.82) is 0 Å². The predicted octanol–water partition coefficient (Wildman–Crippen LogP) is 2.66. The van der Waals surface area contributed by atoms with Crippen molar-refractivity contribution in [3.05, 3.63) is 88.6 Å². The number of amides is 1. The van der Waals surface area contributed by atoms with Gasteiger partial charge in [0.2, 0.25) is 0 Å². The van der Waals surface area contributed by atoms with E-state index >= 15 is 0 Å². The topological polar surface area (TPSA) is 55.2 Å². The first kappa shape index (κ1) is 16.6. The second kappa shape index (κ2) is 7.13. The molecule has 0 spiro atoms. The molecule has 126 valence electrons. The van der Waals surface area contributed by atoms with Gasteiger partial charge in [0, 0.05) is 25.9 Å². The van der Waals surface area contributed by atoms with Gasteiger partial charge < -0.3 is 4.90 Å². The van der Waals surface area contributed by atoms with E-state index in [1.54, 1.807) is 30.9 Å². The Morgan fingerprint density at radius 3 is 2.56 bits per heavy atom. The van der Waals surface area contributed by atoms with E-state index in [0.29, 0.717) is 17.7 Å². The minimum Gasteiger partial charge on any atom is -0.345 e. The fourth-order valence-electron chi connectivity index (χ4n) is 2.64. The van der Waals surface area contributed by atoms with E-state index in [9.17, 15) is 9.59 Å². The Bertz CT molecular complexity index is 946. The SMILES string of the molecule is CN(C)C(=O)c1cccc(Cn2cncc(-c3ccccc3)c2=O)c1. The third-order valence-corrected chi connectivity index (χ3v) is 3.92. The molecule has 2 aromatic carbocycles. The molecule has 0 bridgehead atoms. The second-order valence-electron chi connectivity index (χ2n) is 6.01. The van der Waals surface area contributed by atoms with Crippen molar-refractivity contribution in [1.82, 2.24) is 14.5 Å². The normalized spacial score (nSPS) is 10.5. The van der Waals surface area contributed by atoms with Gasteiger partial charge in [-0.1, -0.05) is 42.5 Å². The van der Waals surface area contributed by atoms with Crippen LogP contribution in [0.3, 0.4) is 0 Å². The number of nitrogens with zero attached hydrogens (tertiary/aromatic N) is 3. The van der Waals surface area contributed by atoms with Crippen LogP contribution >= 0.6 is 0 Å². The van der Waals surface area contributed by atoms with Gasteiger partial charge in [0.1, 0.15) is 0 Å². The van der Waals surface area contributed by atoms with Gasteiger partial charge in [-0.3, -0.25) is 14.2 Å². The zero-order chi connectivity index (χ0) is 17.8. The maximum absolute atomic E-state index is 12.7. The number of aromatic nitrogens is 2. The molecule has 0 aliphatic heterocycles. The van der Waals surface area contributed by atoms with Crippen LogP contribution in [0.2, 0.25) is 0 Å². The van der Waals surface area contributed by atoms with Gasteiger partial charge in [-0.2, -0.15) is 0 Å². The Hall–Kier alpha value is -3.21. The van der Waals surface area contributed by atoms with Crippen LogP contribution in [0, 0.1) is 0 Å². The molecular formula is C20H19N3O2. The van der Waals surface area contributed by atoms with E-state index in [-0.39, 0.29) is 11.5 Å². The number of carbonyl (C=O) groups excluding carboxylic acids is 1. The number of hydrogen-bond donors (Lipinski definition) is 0. The number of hydrogen-bond acceptors (Lipinski definition) is 3. The number of benzene rings is 2. The molecule has 0 fully saturated rings. The summed E-state index contributed by atoms with van der Waals surface area (Å²) in [5, 5.41) is 0. The highest BCUT2D eigenvalue weighted by Crippen LogP contribution is 2.14. The lowest BCUT2D eigenvalue weighted by Crippen LogP contribution is -2.23. The van der Waals surface area contributed by atoms with Crippen molar-refractivity contribution in [2.24, 2.45) is 0 Å². The van der Waals surface area contributed by atoms with Crippen LogP contribution in [0.5, 0.6) is 0 Å². The summed E-state index contributed by atoms with van der Waals surface area (Å²) in [6, 6.07) is 16.8. The summed E-state index contributed by atoms with van der Waals surface area (Å²) in [4.78, 5) is 30.6. The Morgan fingerprint density at radius 2 is 1.84 bits per heavy atom. The molecule has 0 saturated carbocycles. The highest BCUT2D eigenvalue weighted by Gasteiger charge is 2.10. The van der Waals surface area contributed by atoms with Crippen LogP contribution in [0.4, 0.5) is 0 Å². The molecule has 0 N–H and O–H groups in total. The van der Waals surface area contributed by atoms with Crippen LogP contribution in [0.1, 0.15) is 15.9 Å². The predicted molar refractivity (Wildman–Crippen MR) is 97.5 cm³/mol. The molecule has 0 saturated heterocycles. The minimum absolute atomic E-state index is 0.0645. The molecule has 5 nitrogen and oxygen atoms in total. The second-order valence-corrected chi connectivity index (χ2v) is 6.01. The Morgan fingerprint density at radius 1 is 1.08 bits per heavy atom. The van der Waals surface area contributed by atoms with Crippen LogP contribution in [0.15, 0.2) is 71.9 Å². The molecule has 0 radical (unpaired) electrons. The van der Waals surface area contributed by atoms with Crippen molar-refractivity contribution in [2.75, 3.05) is 14.1 Å². The largest absolute Gasteiger partial charge is 0.345 e. The molecule has 1 heterocycles. The molecule has 1 aromatic heterocycles. The summed E-state index contributed by atoms with van der Waals surface area (Å²) < 4.78 is 1.56. The molecule has 0 aliphatic carbocycles. The first-order valence-electron chi connectivity index (χ1n) is 7.96. The fraction of sp³-hybridized carbons (Fsp3) is 0.150. The summed E-state index contributed by atoms with van der Waals surface area (Å²) in [7, 11) is 3.43. The van der Waals surface area contributed by atoms with Crippen LogP contribution in [-0.4, -0.2) is 34.5 Å². The van der Waals surface area contributed by atoms with E-state index in [2.05, 4.69) is 4.98 Å². The van der Waals surface area contributed by atoms with Gasteiger partial charge >= 0.3 is 0 Å². The average molecular weight is 333 g/mol. The Labute approximate surface area is 146 Å². The van der Waals surface area contributed by atoms with Crippen molar-refractivity contribution in [2.45, 2.75) is 6.54 Å². The van der Waals surface area contributed by atoms with E-state index in [1.165, 1.54) is 11.2 Å². The van der Waals surface area contributed by atoms with Crippen molar-refractivity contribution in [3.8, 4) is 11.1 Å². The molecule has 0 unspecified atom stereocenters. The third kappa shape index (κ3) is 3.66. The molecule has 3 rings (SSSR count). The summed E-state index contributed by atoms with van der Waals surface area (Å²) >= 11 is 0. The monoisotopic (exact) mass is 333 g/mol. The van der Waals surface area contributed by atoms with Gasteiger partial charge in [0.25, 0.3) is 11.5 Å². The number of rotatable bonds is 4. The zero-order valence-corrected chi connectivity index (χ0v) is 14.2. The van der Waals surface area contributed by atoms with E-state index in [1.807, 2.05) is 48.5 Å². The maximum Gasteiger partial charge on any atom is 0.261 e. The molecule has 5 heteroatoms. The fourth-order valence-corrected chi connectivity index (χ4v) is 2.64. The van der Waals surface area contributed by atoms with E-state index in [4.69, 9.17) is 0 Å². The average Bonchev–Trinajstić information content (AvgIpc) is 2.64. The lowest BCUT2D eigenvalue weighted by Gasteiger charge is -2.12. The molecule has 3 aromatic rings. The zero-order valence-electron chi connectivity index (χ0n) is 14.2. The molecule has 0 aliphatic rings. The van der Waals surface area contributed by atoms with Crippen molar-refractivity contribution in [3.63, 3.8) is 0 Å². The van der Waals surface area contributed by atoms with Gasteiger partial charge in [-0.05, 0) is 23.3 Å². The lowest BCUT2D eigenvalue weighted by atomic mass is 10.1. The molecule has 0 atom stereocenters. The summed E-state index contributed by atoms with van der Waals surface area (Å²) in [5.41, 5.74) is 2.77. The van der Waals surface area contributed by atoms with Gasteiger partial charge in [-0.15, -0.1) is 0 Å². The third-order valence-electron chi connectivity index (χ3n) is 3.92. The summed E-state index contributed by atoms with van der Waals surface area (Å²) in [5.74, 6) is -0.0645. The molecule has 1 amide bonds. The van der Waals surface area contributed by atoms with Crippen LogP contribution < -0.4 is 5.56 Å². The molecular weight excluding hydrogens is 314 g/mol. The van der Waals surface area contributed by atoms with E-state index in [0.717, 1.165) is 11.1 Å². The van der Waals surface area contributed by atoms with Crippen LogP contribution in [0.25, 0.3) is 11.1 Å². The van der Waals surface area contributed by atoms with Crippen molar-refractivity contribution >= 4 is 5.91 Å². The summed E-state index contributed by atoms with van der Waals surface area (Å²) in [6.07, 6.45) is 3.11. The van der Waals surface area contributed by atoms with Crippen molar-refractivity contribution < 1.29 is 4.79 Å². The van der Waals surface area contributed by atoms with Gasteiger partial charge in [-0.25, -0.2) is 4.98 Å². The smallest absolute Gasteiger partial charge is 0.261 e. The van der Waals surface area contributed by atoms with Crippen LogP contribution in [-0.2, 0) is 6.54 Å². The molecule has 25 heavy (non-hydrogen) atoms. The summed E-state index contributed by atoms with van der Waals surface area (Å²) in [6.45, 7) is 0.362. The highest BCUT2D eigenvalue weighted by molar-refractivity contribution is 5.94. The maximum atomic E-state index is 12.7. The first-order chi connectivity index (χ1) is 12.1. The van der Waals surface area contributed by atoms with Gasteiger partial charge in [0.05, 0.1) is 18.4 Å². The Kier molecular flexibility index (Phi) is 4.75. The Balaban J connectivity index is 1.93. The van der Waals surface area contributed by atoms with Gasteiger partial charge in [0.15, 0.2) is 0 Å². The highest BCUT2D eigenvalue weighted by atomic mass is 16.2. The first-order valence-corrected chi connectivity index (χ1v) is 7.96.